The largest absolute Gasteiger partial charge is 0.360 e. The first-order valence-corrected chi connectivity index (χ1v) is 11.0. The maximum Gasteiger partial charge on any atom is 0.0521 e. The number of hydrogen-bond acceptors (Lipinski definition) is 4. The van der Waals surface area contributed by atoms with E-state index in [9.17, 15) is 0 Å². The topological polar surface area (TPSA) is 38.7 Å². The molecule has 0 spiro atoms. The molecule has 0 aliphatic carbocycles. The van der Waals surface area contributed by atoms with Crippen LogP contribution in [0.3, 0.4) is 0 Å². The third-order valence-corrected chi connectivity index (χ3v) is 6.15. The zero-order valence-corrected chi connectivity index (χ0v) is 21.0. The van der Waals surface area contributed by atoms with Crippen LogP contribution in [-0.2, 0) is 20.1 Å². The van der Waals surface area contributed by atoms with Crippen molar-refractivity contribution < 1.29 is 28.3 Å². The van der Waals surface area contributed by atoms with Crippen LogP contribution in [0.5, 0.6) is 0 Å². The minimum atomic E-state index is -2.22. The number of thiophene rings is 1. The van der Waals surface area contributed by atoms with Crippen molar-refractivity contribution in [1.29, 1.82) is 0 Å². The molecule has 0 unspecified atom stereocenters. The molecule has 0 aliphatic heterocycles. The third kappa shape index (κ3) is 5.12. The van der Waals surface area contributed by atoms with Crippen molar-refractivity contribution >= 4 is 31.5 Å². The molecular formula is C29H21IrN3S-2. The van der Waals surface area contributed by atoms with E-state index in [0.717, 1.165) is 26.7 Å². The molecule has 0 fully saturated rings. The Bertz CT molecular complexity index is 1730. The summed E-state index contributed by atoms with van der Waals surface area (Å²) in [4.78, 5) is 12.5. The summed E-state index contributed by atoms with van der Waals surface area (Å²) in [6.07, 6.45) is 7.43. The second kappa shape index (κ2) is 10.8. The number of rotatable bonds is 2. The molecule has 0 saturated carbocycles. The van der Waals surface area contributed by atoms with Gasteiger partial charge in [-0.25, -0.2) is 0 Å². The SMILES string of the molecule is [2H]C([2H])([2H])c1ccc(-c2[c-]cccc2)nc1.[2H]C([2H])([2H])c1ccn[c-]c1-c1cc2c(cn1)sc1ccccc12.[Ir]. The quantitative estimate of drug-likeness (QED) is 0.184. The Hall–Kier alpha value is -3.24. The second-order valence-electron chi connectivity index (χ2n) is 7.22. The third-order valence-electron chi connectivity index (χ3n) is 5.03. The first-order valence-electron chi connectivity index (χ1n) is 13.2. The molecule has 0 aliphatic rings. The molecule has 4 heterocycles. The van der Waals surface area contributed by atoms with Gasteiger partial charge in [0.25, 0.3) is 0 Å². The molecule has 6 rings (SSSR count). The number of hydrogen-bond donors (Lipinski definition) is 0. The molecule has 6 aromatic rings. The molecule has 34 heavy (non-hydrogen) atoms. The minimum Gasteiger partial charge on any atom is -0.360 e. The van der Waals surface area contributed by atoms with Crippen LogP contribution in [0.25, 0.3) is 42.7 Å². The Kier molecular flexibility index (Phi) is 5.47. The van der Waals surface area contributed by atoms with Gasteiger partial charge in [-0.15, -0.1) is 64.4 Å². The summed E-state index contributed by atoms with van der Waals surface area (Å²) in [6.45, 7) is -4.31. The summed E-state index contributed by atoms with van der Waals surface area (Å²) in [6, 6.07) is 25.4. The summed E-state index contributed by atoms with van der Waals surface area (Å²) in [5.74, 6) is 0. The van der Waals surface area contributed by atoms with Crippen LogP contribution in [0.1, 0.15) is 19.4 Å². The summed E-state index contributed by atoms with van der Waals surface area (Å²) in [5.41, 5.74) is 3.09. The van der Waals surface area contributed by atoms with Crippen molar-refractivity contribution in [3.8, 4) is 22.5 Å². The fourth-order valence-electron chi connectivity index (χ4n) is 3.43. The van der Waals surface area contributed by atoms with Gasteiger partial charge in [0, 0.05) is 45.4 Å². The van der Waals surface area contributed by atoms with Gasteiger partial charge in [0.15, 0.2) is 0 Å². The summed E-state index contributed by atoms with van der Waals surface area (Å²) in [7, 11) is 0. The molecule has 169 valence electrons. The Morgan fingerprint density at radius 3 is 2.50 bits per heavy atom. The molecular weight excluding hydrogens is 615 g/mol. The van der Waals surface area contributed by atoms with Crippen molar-refractivity contribution in [3.05, 3.63) is 115 Å². The fourth-order valence-corrected chi connectivity index (χ4v) is 4.48. The van der Waals surface area contributed by atoms with Crippen LogP contribution in [0, 0.1) is 26.0 Å². The number of aromatic nitrogens is 3. The van der Waals surface area contributed by atoms with Crippen LogP contribution in [-0.4, -0.2) is 15.0 Å². The molecule has 0 N–H and O–H groups in total. The molecule has 4 aromatic heterocycles. The van der Waals surface area contributed by atoms with Crippen LogP contribution >= 0.6 is 11.3 Å². The van der Waals surface area contributed by atoms with Crippen molar-refractivity contribution in [2.75, 3.05) is 0 Å². The number of aryl methyl sites for hydroxylation is 2. The zero-order chi connectivity index (χ0) is 27.6. The van der Waals surface area contributed by atoms with Gasteiger partial charge in [0.05, 0.1) is 4.70 Å². The van der Waals surface area contributed by atoms with E-state index in [4.69, 9.17) is 8.22 Å². The van der Waals surface area contributed by atoms with Gasteiger partial charge >= 0.3 is 0 Å². The van der Waals surface area contributed by atoms with Crippen molar-refractivity contribution in [3.63, 3.8) is 0 Å². The Morgan fingerprint density at radius 1 is 0.824 bits per heavy atom. The minimum absolute atomic E-state index is 0. The second-order valence-corrected chi connectivity index (χ2v) is 8.30. The first-order chi connectivity index (χ1) is 18.6. The predicted octanol–water partition coefficient (Wildman–Crippen LogP) is 7.47. The normalized spacial score (nSPS) is 13.8. The number of pyridine rings is 3. The van der Waals surface area contributed by atoms with Gasteiger partial charge in [-0.2, -0.15) is 0 Å². The molecule has 0 amide bonds. The molecule has 0 atom stereocenters. The van der Waals surface area contributed by atoms with Crippen molar-refractivity contribution in [1.82, 2.24) is 15.0 Å². The molecule has 0 saturated heterocycles. The maximum atomic E-state index is 7.69. The van der Waals surface area contributed by atoms with Gasteiger partial charge in [-0.3, -0.25) is 0 Å². The monoisotopic (exact) mass is 642 g/mol. The average Bonchev–Trinajstić information content (AvgIpc) is 3.31. The standard InChI is InChI=1S/C17H11N2S.C12H10N.Ir/c1-11-6-7-18-9-14(11)15-8-13-12-4-2-3-5-16(12)20-17(13)10-19-15;1-10-7-8-12(13-9-10)11-5-3-2-4-6-11;/h2-8,10H,1H3;2-5,7-9H,1H3;/q2*-1;/i2*1D3;. The van der Waals surface area contributed by atoms with Crippen LogP contribution in [0.4, 0.5) is 0 Å². The zero-order valence-electron chi connectivity index (χ0n) is 23.7. The van der Waals surface area contributed by atoms with Gasteiger partial charge < -0.3 is 15.0 Å². The van der Waals surface area contributed by atoms with E-state index < -0.39 is 13.7 Å². The first kappa shape index (κ1) is 17.2. The summed E-state index contributed by atoms with van der Waals surface area (Å²) >= 11 is 1.68. The van der Waals surface area contributed by atoms with E-state index in [0.29, 0.717) is 11.3 Å². The number of nitrogens with zero attached hydrogens (tertiary/aromatic N) is 3. The van der Waals surface area contributed by atoms with Gasteiger partial charge in [-0.05, 0) is 46.8 Å². The smallest absolute Gasteiger partial charge is 0.0521 e. The maximum absolute atomic E-state index is 7.69. The van der Waals surface area contributed by atoms with E-state index in [2.05, 4.69) is 39.3 Å². The van der Waals surface area contributed by atoms with Crippen LogP contribution in [0.2, 0.25) is 0 Å². The van der Waals surface area contributed by atoms with E-state index in [1.165, 1.54) is 23.2 Å². The van der Waals surface area contributed by atoms with E-state index in [-0.39, 0.29) is 31.2 Å². The van der Waals surface area contributed by atoms with Crippen molar-refractivity contribution in [2.45, 2.75) is 13.7 Å². The van der Waals surface area contributed by atoms with E-state index in [1.807, 2.05) is 36.4 Å². The predicted molar refractivity (Wildman–Crippen MR) is 137 cm³/mol. The van der Waals surface area contributed by atoms with E-state index in [1.54, 1.807) is 35.7 Å². The molecule has 1 radical (unpaired) electrons. The number of benzene rings is 2. The van der Waals surface area contributed by atoms with Crippen LogP contribution in [0.15, 0.2) is 91.4 Å². The van der Waals surface area contributed by atoms with Crippen molar-refractivity contribution in [2.24, 2.45) is 0 Å². The Morgan fingerprint density at radius 2 is 1.71 bits per heavy atom. The molecule has 2 aromatic carbocycles. The van der Waals surface area contributed by atoms with Gasteiger partial charge in [0.2, 0.25) is 0 Å². The number of fused-ring (bicyclic) bond motifs is 3. The summed E-state index contributed by atoms with van der Waals surface area (Å²) in [5, 5.41) is 2.22. The Balaban J connectivity index is 0.000000192. The van der Waals surface area contributed by atoms with E-state index >= 15 is 0 Å². The summed E-state index contributed by atoms with van der Waals surface area (Å²) < 4.78 is 47.0. The molecule has 0 bridgehead atoms. The van der Waals surface area contributed by atoms with Crippen LogP contribution < -0.4 is 0 Å². The van der Waals surface area contributed by atoms with Gasteiger partial charge in [-0.1, -0.05) is 49.4 Å². The average molecular weight is 642 g/mol. The molecule has 5 heteroatoms. The fraction of sp³-hybridized carbons (Fsp3) is 0.0690. The van der Waals surface area contributed by atoms with Gasteiger partial charge in [0.1, 0.15) is 0 Å². The Labute approximate surface area is 225 Å². The molecule has 3 nitrogen and oxygen atoms in total.